The molecule has 4 nitrogen and oxygen atoms in total. The van der Waals surface area contributed by atoms with Crippen LogP contribution >= 0.6 is 11.3 Å². The number of benzene rings is 1. The molecule has 1 aromatic heterocycles. The van der Waals surface area contributed by atoms with E-state index in [1.807, 2.05) is 29.6 Å². The molecule has 0 aliphatic carbocycles. The molecule has 0 spiro atoms. The number of hydrogen-bond acceptors (Lipinski definition) is 5. The molecule has 0 radical (unpaired) electrons. The molecule has 2 N–H and O–H groups in total. The van der Waals surface area contributed by atoms with Gasteiger partial charge in [0.2, 0.25) is 0 Å². The Labute approximate surface area is 111 Å². The van der Waals surface area contributed by atoms with Crippen molar-refractivity contribution in [3.05, 3.63) is 35.3 Å². The van der Waals surface area contributed by atoms with E-state index in [2.05, 4.69) is 16.9 Å². The van der Waals surface area contributed by atoms with Gasteiger partial charge in [0, 0.05) is 31.1 Å². The zero-order chi connectivity index (χ0) is 13.0. The highest BCUT2D eigenvalue weighted by atomic mass is 32.1. The molecule has 1 heterocycles. The highest BCUT2D eigenvalue weighted by Gasteiger charge is 2.04. The normalized spacial score (nSPS) is 10.3. The van der Waals surface area contributed by atoms with E-state index in [4.69, 9.17) is 10.5 Å². The van der Waals surface area contributed by atoms with Crippen LogP contribution in [-0.2, 0) is 6.42 Å². The predicted molar refractivity (Wildman–Crippen MR) is 76.5 cm³/mol. The van der Waals surface area contributed by atoms with Gasteiger partial charge in [-0.25, -0.2) is 4.98 Å². The number of rotatable bonds is 5. The lowest BCUT2D eigenvalue weighted by molar-refractivity contribution is 0.415. The minimum absolute atomic E-state index is 0.636. The Bertz CT molecular complexity index is 495. The first-order valence-corrected chi connectivity index (χ1v) is 6.62. The van der Waals surface area contributed by atoms with Gasteiger partial charge in [0.25, 0.3) is 0 Å². The van der Waals surface area contributed by atoms with Crippen LogP contribution in [0.25, 0.3) is 0 Å². The third-order valence-corrected chi connectivity index (χ3v) is 3.51. The van der Waals surface area contributed by atoms with Gasteiger partial charge >= 0.3 is 0 Å². The smallest absolute Gasteiger partial charge is 0.180 e. The molecule has 0 bridgehead atoms. The zero-order valence-electron chi connectivity index (χ0n) is 10.6. The summed E-state index contributed by atoms with van der Waals surface area (Å²) in [5.74, 6) is 0.874. The fourth-order valence-electron chi connectivity index (χ4n) is 1.69. The van der Waals surface area contributed by atoms with E-state index in [0.717, 1.165) is 24.4 Å². The van der Waals surface area contributed by atoms with Crippen LogP contribution in [0.2, 0.25) is 0 Å². The Morgan fingerprint density at radius 3 is 2.61 bits per heavy atom. The van der Waals surface area contributed by atoms with E-state index in [1.54, 1.807) is 7.11 Å². The maximum atomic E-state index is 5.61. The molecule has 0 aliphatic heterocycles. The van der Waals surface area contributed by atoms with Gasteiger partial charge in [-0.15, -0.1) is 11.3 Å². The van der Waals surface area contributed by atoms with Crippen molar-refractivity contribution in [1.82, 2.24) is 4.98 Å². The van der Waals surface area contributed by atoms with E-state index in [-0.39, 0.29) is 0 Å². The molecule has 0 unspecified atom stereocenters. The van der Waals surface area contributed by atoms with Crippen molar-refractivity contribution in [2.24, 2.45) is 0 Å². The van der Waals surface area contributed by atoms with Crippen molar-refractivity contribution in [3.63, 3.8) is 0 Å². The zero-order valence-corrected chi connectivity index (χ0v) is 11.4. The summed E-state index contributed by atoms with van der Waals surface area (Å²) >= 11 is 1.49. The van der Waals surface area contributed by atoms with Gasteiger partial charge < -0.3 is 15.4 Å². The Morgan fingerprint density at radius 2 is 2.06 bits per heavy atom. The van der Waals surface area contributed by atoms with Crippen molar-refractivity contribution >= 4 is 22.2 Å². The molecular formula is C13H17N3OS. The van der Waals surface area contributed by atoms with Gasteiger partial charge in [0.15, 0.2) is 5.13 Å². The van der Waals surface area contributed by atoms with Gasteiger partial charge in [-0.1, -0.05) is 0 Å². The third kappa shape index (κ3) is 3.13. The summed E-state index contributed by atoms with van der Waals surface area (Å²) in [5, 5.41) is 2.65. The molecule has 2 aromatic rings. The van der Waals surface area contributed by atoms with Crippen LogP contribution < -0.4 is 15.4 Å². The van der Waals surface area contributed by atoms with Crippen LogP contribution in [0.4, 0.5) is 10.8 Å². The summed E-state index contributed by atoms with van der Waals surface area (Å²) in [5.41, 5.74) is 7.83. The second kappa shape index (κ2) is 5.73. The molecule has 18 heavy (non-hydrogen) atoms. The minimum Gasteiger partial charge on any atom is -0.497 e. The summed E-state index contributed by atoms with van der Waals surface area (Å²) in [6.07, 6.45) is 0.899. The van der Waals surface area contributed by atoms with Crippen molar-refractivity contribution < 1.29 is 4.74 Å². The first kappa shape index (κ1) is 12.7. The molecule has 0 aliphatic rings. The molecule has 0 amide bonds. The first-order chi connectivity index (χ1) is 8.69. The summed E-state index contributed by atoms with van der Waals surface area (Å²) in [6, 6.07) is 8.03. The van der Waals surface area contributed by atoms with Crippen LogP contribution in [0.15, 0.2) is 29.6 Å². The van der Waals surface area contributed by atoms with E-state index in [0.29, 0.717) is 5.13 Å². The number of aromatic nitrogens is 1. The fraction of sp³-hybridized carbons (Fsp3) is 0.308. The van der Waals surface area contributed by atoms with Crippen LogP contribution in [-0.4, -0.2) is 25.7 Å². The maximum absolute atomic E-state index is 5.61. The van der Waals surface area contributed by atoms with E-state index in [1.165, 1.54) is 17.0 Å². The average molecular weight is 263 g/mol. The number of likely N-dealkylation sites (N-methyl/N-ethyl adjacent to an activating group) is 1. The topological polar surface area (TPSA) is 51.4 Å². The summed E-state index contributed by atoms with van der Waals surface area (Å²) in [4.78, 5) is 6.44. The monoisotopic (exact) mass is 263 g/mol. The Balaban J connectivity index is 1.92. The van der Waals surface area contributed by atoms with Gasteiger partial charge in [-0.2, -0.15) is 0 Å². The van der Waals surface area contributed by atoms with E-state index in [9.17, 15) is 0 Å². The second-order valence-corrected chi connectivity index (χ2v) is 4.94. The second-order valence-electron chi connectivity index (χ2n) is 4.05. The van der Waals surface area contributed by atoms with Crippen LogP contribution in [0, 0.1) is 0 Å². The molecule has 0 atom stereocenters. The molecule has 2 rings (SSSR count). The Kier molecular flexibility index (Phi) is 4.04. The summed E-state index contributed by atoms with van der Waals surface area (Å²) < 4.78 is 5.14. The maximum Gasteiger partial charge on any atom is 0.180 e. The standard InChI is InChI=1S/C13H17N3OS/c1-16(8-7-10-9-18-13(14)15-10)11-3-5-12(17-2)6-4-11/h3-6,9H,7-8H2,1-2H3,(H2,14,15). The van der Waals surface area contributed by atoms with Gasteiger partial charge in [-0.05, 0) is 24.3 Å². The molecule has 1 aromatic carbocycles. The van der Waals surface area contributed by atoms with Crippen molar-refractivity contribution in [2.45, 2.75) is 6.42 Å². The molecule has 5 heteroatoms. The van der Waals surface area contributed by atoms with E-state index >= 15 is 0 Å². The lowest BCUT2D eigenvalue weighted by Crippen LogP contribution is -2.20. The van der Waals surface area contributed by atoms with Crippen LogP contribution in [0.3, 0.4) is 0 Å². The number of thiazole rings is 1. The highest BCUT2D eigenvalue weighted by molar-refractivity contribution is 7.13. The Morgan fingerprint density at radius 1 is 1.33 bits per heavy atom. The average Bonchev–Trinajstić information content (AvgIpc) is 2.82. The number of anilines is 2. The van der Waals surface area contributed by atoms with Gasteiger partial charge in [-0.3, -0.25) is 0 Å². The fourth-order valence-corrected chi connectivity index (χ4v) is 2.28. The molecule has 0 fully saturated rings. The number of ether oxygens (including phenoxy) is 1. The number of methoxy groups -OCH3 is 1. The lowest BCUT2D eigenvalue weighted by atomic mass is 10.2. The number of nitrogens with zero attached hydrogens (tertiary/aromatic N) is 2. The largest absolute Gasteiger partial charge is 0.497 e. The SMILES string of the molecule is COc1ccc(N(C)CCc2csc(N)n2)cc1. The lowest BCUT2D eigenvalue weighted by Gasteiger charge is -2.18. The highest BCUT2D eigenvalue weighted by Crippen LogP contribution is 2.19. The number of nitrogens with two attached hydrogens (primary N) is 1. The minimum atomic E-state index is 0.636. The van der Waals surface area contributed by atoms with Crippen molar-refractivity contribution in [2.75, 3.05) is 31.3 Å². The van der Waals surface area contributed by atoms with Gasteiger partial charge in [0.05, 0.1) is 12.8 Å². The molecule has 96 valence electrons. The summed E-state index contributed by atoms with van der Waals surface area (Å²) in [6.45, 7) is 0.912. The summed E-state index contributed by atoms with van der Waals surface area (Å²) in [7, 11) is 3.74. The van der Waals surface area contributed by atoms with Crippen molar-refractivity contribution in [1.29, 1.82) is 0 Å². The van der Waals surface area contributed by atoms with Crippen LogP contribution in [0.5, 0.6) is 5.75 Å². The predicted octanol–water partition coefficient (Wildman–Crippen LogP) is 2.41. The molecule has 0 saturated heterocycles. The van der Waals surface area contributed by atoms with Crippen LogP contribution in [0.1, 0.15) is 5.69 Å². The molecular weight excluding hydrogens is 246 g/mol. The number of hydrogen-bond donors (Lipinski definition) is 1. The van der Waals surface area contributed by atoms with Gasteiger partial charge in [0.1, 0.15) is 5.75 Å². The Hall–Kier alpha value is -1.75. The van der Waals surface area contributed by atoms with E-state index < -0.39 is 0 Å². The quantitative estimate of drug-likeness (QED) is 0.900. The third-order valence-electron chi connectivity index (χ3n) is 2.79. The number of nitrogen functional groups attached to an aromatic ring is 1. The van der Waals surface area contributed by atoms with Crippen molar-refractivity contribution in [3.8, 4) is 5.75 Å². The molecule has 0 saturated carbocycles. The first-order valence-electron chi connectivity index (χ1n) is 5.74.